The van der Waals surface area contributed by atoms with Crippen LogP contribution in [0, 0.1) is 17.0 Å². The van der Waals surface area contributed by atoms with E-state index in [1.54, 1.807) is 6.08 Å². The van der Waals surface area contributed by atoms with Crippen molar-refractivity contribution in [1.29, 1.82) is 0 Å². The molecule has 8 nitrogen and oxygen atoms in total. The van der Waals surface area contributed by atoms with Gasteiger partial charge >= 0.3 is 16.9 Å². The minimum absolute atomic E-state index is 0.145. The van der Waals surface area contributed by atoms with E-state index in [4.69, 9.17) is 0 Å². The van der Waals surface area contributed by atoms with E-state index in [2.05, 4.69) is 9.97 Å². The fourth-order valence-electron chi connectivity index (χ4n) is 2.48. The highest BCUT2D eigenvalue weighted by molar-refractivity contribution is 5.93. The fraction of sp³-hybridized carbons (Fsp3) is 0.0667. The summed E-state index contributed by atoms with van der Waals surface area (Å²) in [7, 11) is 0. The smallest absolute Gasteiger partial charge is 0.357 e. The number of aromatic nitrogens is 3. The Balaban J connectivity index is 2.17. The van der Waals surface area contributed by atoms with Crippen molar-refractivity contribution in [3.05, 3.63) is 72.2 Å². The second-order valence-electron chi connectivity index (χ2n) is 4.97. The Kier molecular flexibility index (Phi) is 3.41. The second kappa shape index (κ2) is 5.41. The van der Waals surface area contributed by atoms with Crippen LogP contribution in [0.4, 0.5) is 5.69 Å². The quantitative estimate of drug-likeness (QED) is 0.504. The van der Waals surface area contributed by atoms with Gasteiger partial charge in [0.25, 0.3) is 0 Å². The SMILES string of the molecule is Cc1[nH]c2ccccc2c1/C=C\c1[nH]c(=O)[nH]c(=O)c1[N+](=O)[O-]. The summed E-state index contributed by atoms with van der Waals surface area (Å²) in [5, 5.41) is 12.0. The summed E-state index contributed by atoms with van der Waals surface area (Å²) in [6.45, 7) is 1.87. The van der Waals surface area contributed by atoms with Gasteiger partial charge in [-0.05, 0) is 19.1 Å². The molecule has 8 heteroatoms. The first kappa shape index (κ1) is 14.5. The van der Waals surface area contributed by atoms with E-state index in [1.807, 2.05) is 36.2 Å². The lowest BCUT2D eigenvalue weighted by Gasteiger charge is -1.97. The highest BCUT2D eigenvalue weighted by Gasteiger charge is 2.19. The van der Waals surface area contributed by atoms with E-state index in [0.29, 0.717) is 0 Å². The van der Waals surface area contributed by atoms with Crippen LogP contribution in [0.3, 0.4) is 0 Å². The minimum Gasteiger partial charge on any atom is -0.358 e. The topological polar surface area (TPSA) is 125 Å². The molecule has 0 radical (unpaired) electrons. The first-order chi connectivity index (χ1) is 11.0. The highest BCUT2D eigenvalue weighted by Crippen LogP contribution is 2.24. The van der Waals surface area contributed by atoms with E-state index in [1.165, 1.54) is 6.08 Å². The van der Waals surface area contributed by atoms with Gasteiger partial charge in [-0.1, -0.05) is 24.3 Å². The van der Waals surface area contributed by atoms with E-state index in [-0.39, 0.29) is 5.69 Å². The van der Waals surface area contributed by atoms with Crippen LogP contribution in [0.15, 0.2) is 33.9 Å². The average Bonchev–Trinajstić information content (AvgIpc) is 2.79. The molecular formula is C15H12N4O4. The summed E-state index contributed by atoms with van der Waals surface area (Å²) in [4.78, 5) is 40.5. The molecule has 2 heterocycles. The normalized spacial score (nSPS) is 11.3. The van der Waals surface area contributed by atoms with Gasteiger partial charge in [0.05, 0.1) is 4.92 Å². The van der Waals surface area contributed by atoms with Gasteiger partial charge in [0.2, 0.25) is 0 Å². The fourth-order valence-corrected chi connectivity index (χ4v) is 2.48. The van der Waals surface area contributed by atoms with Crippen molar-refractivity contribution in [1.82, 2.24) is 15.0 Å². The Morgan fingerprint density at radius 1 is 1.09 bits per heavy atom. The highest BCUT2D eigenvalue weighted by atomic mass is 16.6. The van der Waals surface area contributed by atoms with Gasteiger partial charge in [-0.25, -0.2) is 4.79 Å². The molecule has 0 aliphatic carbocycles. The number of rotatable bonds is 3. The molecule has 0 fully saturated rings. The standard InChI is InChI=1S/C15H12N4O4/c1-8-9(10-4-2-3-5-11(10)16-8)6-7-12-13(19(22)23)14(20)18-15(21)17-12/h2-7,16H,1H3,(H2,17,18,20,21)/b7-6-. The van der Waals surface area contributed by atoms with Crippen LogP contribution in [0.1, 0.15) is 17.0 Å². The van der Waals surface area contributed by atoms with Gasteiger partial charge in [-0.2, -0.15) is 0 Å². The predicted octanol–water partition coefficient (Wildman–Crippen LogP) is 1.93. The number of hydrogen-bond donors (Lipinski definition) is 3. The first-order valence-corrected chi connectivity index (χ1v) is 6.74. The molecule has 0 amide bonds. The number of nitrogens with zero attached hydrogens (tertiary/aromatic N) is 1. The van der Waals surface area contributed by atoms with E-state index in [9.17, 15) is 19.7 Å². The molecular weight excluding hydrogens is 300 g/mol. The third-order valence-electron chi connectivity index (χ3n) is 3.49. The number of nitrogens with one attached hydrogen (secondary N) is 3. The molecule has 0 aliphatic heterocycles. The zero-order chi connectivity index (χ0) is 16.6. The van der Waals surface area contributed by atoms with Gasteiger partial charge in [-0.3, -0.25) is 19.9 Å². The number of aromatic amines is 3. The number of fused-ring (bicyclic) bond motifs is 1. The third-order valence-corrected chi connectivity index (χ3v) is 3.49. The Morgan fingerprint density at radius 2 is 1.83 bits per heavy atom. The number of hydrogen-bond acceptors (Lipinski definition) is 4. The molecule has 116 valence electrons. The molecule has 0 saturated heterocycles. The van der Waals surface area contributed by atoms with E-state index >= 15 is 0 Å². The molecule has 3 aromatic rings. The van der Waals surface area contributed by atoms with E-state index in [0.717, 1.165) is 22.2 Å². The first-order valence-electron chi connectivity index (χ1n) is 6.74. The van der Waals surface area contributed by atoms with Crippen molar-refractivity contribution in [2.45, 2.75) is 6.92 Å². The molecule has 0 atom stereocenters. The number of benzene rings is 1. The zero-order valence-electron chi connectivity index (χ0n) is 12.0. The summed E-state index contributed by atoms with van der Waals surface area (Å²) in [6.07, 6.45) is 2.99. The van der Waals surface area contributed by atoms with Crippen molar-refractivity contribution in [3.63, 3.8) is 0 Å². The predicted molar refractivity (Wildman–Crippen MR) is 86.3 cm³/mol. The molecule has 0 aliphatic rings. The summed E-state index contributed by atoms with van der Waals surface area (Å²) in [5.74, 6) is 0. The van der Waals surface area contributed by atoms with Gasteiger partial charge in [0.1, 0.15) is 5.69 Å². The van der Waals surface area contributed by atoms with E-state index < -0.39 is 21.9 Å². The number of nitro groups is 1. The summed E-state index contributed by atoms with van der Waals surface area (Å²) >= 11 is 0. The van der Waals surface area contributed by atoms with Gasteiger partial charge in [0.15, 0.2) is 0 Å². The Bertz CT molecular complexity index is 1060. The number of para-hydroxylation sites is 1. The Hall–Kier alpha value is -3.42. The van der Waals surface area contributed by atoms with Gasteiger partial charge < -0.3 is 9.97 Å². The van der Waals surface area contributed by atoms with Crippen molar-refractivity contribution in [2.24, 2.45) is 0 Å². The van der Waals surface area contributed by atoms with Crippen molar-refractivity contribution >= 4 is 28.7 Å². The average molecular weight is 312 g/mol. The van der Waals surface area contributed by atoms with Crippen LogP contribution < -0.4 is 11.2 Å². The van der Waals surface area contributed by atoms with Gasteiger partial charge in [-0.15, -0.1) is 0 Å². The molecule has 0 unspecified atom stereocenters. The van der Waals surface area contributed by atoms with Crippen LogP contribution in [0.5, 0.6) is 0 Å². The summed E-state index contributed by atoms with van der Waals surface area (Å²) < 4.78 is 0. The zero-order valence-corrected chi connectivity index (χ0v) is 12.0. The van der Waals surface area contributed by atoms with Crippen LogP contribution in [-0.2, 0) is 0 Å². The Labute approximate surface area is 128 Å². The molecule has 0 spiro atoms. The molecule has 3 rings (SSSR count). The Morgan fingerprint density at radius 3 is 2.57 bits per heavy atom. The lowest BCUT2D eigenvalue weighted by atomic mass is 10.1. The lowest BCUT2D eigenvalue weighted by molar-refractivity contribution is -0.386. The molecule has 1 aromatic carbocycles. The van der Waals surface area contributed by atoms with Crippen LogP contribution in [0.25, 0.3) is 23.1 Å². The van der Waals surface area contributed by atoms with Crippen LogP contribution in [-0.4, -0.2) is 19.9 Å². The van der Waals surface area contributed by atoms with Crippen LogP contribution >= 0.6 is 0 Å². The molecule has 23 heavy (non-hydrogen) atoms. The lowest BCUT2D eigenvalue weighted by Crippen LogP contribution is -2.25. The molecule has 0 bridgehead atoms. The second-order valence-corrected chi connectivity index (χ2v) is 4.97. The summed E-state index contributed by atoms with van der Waals surface area (Å²) in [5.41, 5.74) is -0.0383. The maximum absolute atomic E-state index is 11.6. The maximum atomic E-state index is 11.6. The summed E-state index contributed by atoms with van der Waals surface area (Å²) in [6, 6.07) is 7.60. The van der Waals surface area contributed by atoms with Gasteiger partial charge in [0, 0.05) is 22.2 Å². The third kappa shape index (κ3) is 2.57. The minimum atomic E-state index is -1.03. The molecule has 2 aromatic heterocycles. The van der Waals surface area contributed by atoms with Crippen LogP contribution in [0.2, 0.25) is 0 Å². The number of H-pyrrole nitrogens is 3. The maximum Gasteiger partial charge on any atom is 0.357 e. The van der Waals surface area contributed by atoms with Crippen molar-refractivity contribution in [2.75, 3.05) is 0 Å². The largest absolute Gasteiger partial charge is 0.358 e. The van der Waals surface area contributed by atoms with Crippen molar-refractivity contribution < 1.29 is 4.92 Å². The molecule has 0 saturated carbocycles. The molecule has 3 N–H and O–H groups in total. The number of aryl methyl sites for hydroxylation is 1. The monoisotopic (exact) mass is 312 g/mol. The van der Waals surface area contributed by atoms with Crippen molar-refractivity contribution in [3.8, 4) is 0 Å².